The third-order valence-corrected chi connectivity index (χ3v) is 13.4. The number of nitrogens with zero attached hydrogens (tertiary/aromatic N) is 4. The normalized spacial score (nSPS) is 11.2. The van der Waals surface area contributed by atoms with Crippen LogP contribution in [0.15, 0.2) is 291 Å². The second-order valence-corrected chi connectivity index (χ2v) is 17.8. The minimum atomic E-state index is 0.703. The van der Waals surface area contributed by atoms with Crippen LogP contribution in [0.3, 0.4) is 0 Å². The molecular formula is C67H50N4. The van der Waals surface area contributed by atoms with E-state index in [4.69, 9.17) is 0 Å². The van der Waals surface area contributed by atoms with Gasteiger partial charge in [-0.1, -0.05) is 176 Å². The van der Waals surface area contributed by atoms with E-state index in [-0.39, 0.29) is 0 Å². The Bertz CT molecular complexity index is 3550. The summed E-state index contributed by atoms with van der Waals surface area (Å²) in [5.41, 5.74) is 13.3. The molecule has 0 atom stereocenters. The van der Waals surface area contributed by atoms with E-state index in [1.807, 2.05) is 0 Å². The van der Waals surface area contributed by atoms with Gasteiger partial charge >= 0.3 is 0 Å². The molecule has 0 heterocycles. The second kappa shape index (κ2) is 19.3. The van der Waals surface area contributed by atoms with E-state index < -0.39 is 0 Å². The second-order valence-electron chi connectivity index (χ2n) is 17.8. The lowest BCUT2D eigenvalue weighted by Gasteiger charge is -2.30. The van der Waals surface area contributed by atoms with E-state index in [0.29, 0.717) is 6.54 Å². The molecule has 0 saturated heterocycles. The fourth-order valence-electron chi connectivity index (χ4n) is 10.1. The molecule has 0 aliphatic rings. The lowest BCUT2D eigenvalue weighted by Crippen LogP contribution is -2.17. The Morgan fingerprint density at radius 1 is 0.197 bits per heavy atom. The molecule has 0 spiro atoms. The minimum Gasteiger partial charge on any atom is -0.336 e. The molecular weight excluding hydrogens is 861 g/mol. The predicted octanol–water partition coefficient (Wildman–Crippen LogP) is 18.9. The van der Waals surface area contributed by atoms with Crippen molar-refractivity contribution in [3.8, 4) is 0 Å². The third-order valence-electron chi connectivity index (χ3n) is 13.4. The van der Waals surface area contributed by atoms with Gasteiger partial charge in [0.25, 0.3) is 0 Å². The van der Waals surface area contributed by atoms with E-state index >= 15 is 0 Å². The molecule has 12 aromatic carbocycles. The molecule has 338 valence electrons. The highest BCUT2D eigenvalue weighted by atomic mass is 15.2. The molecule has 0 radical (unpaired) electrons. The molecule has 0 amide bonds. The molecule has 12 rings (SSSR count). The van der Waals surface area contributed by atoms with Gasteiger partial charge in [0.15, 0.2) is 0 Å². The number of para-hydroxylation sites is 3. The number of hydrogen-bond acceptors (Lipinski definition) is 4. The van der Waals surface area contributed by atoms with Crippen LogP contribution in [0.25, 0.3) is 32.3 Å². The van der Waals surface area contributed by atoms with Gasteiger partial charge in [-0.05, 0) is 137 Å². The van der Waals surface area contributed by atoms with E-state index in [1.165, 1.54) is 43.6 Å². The molecule has 0 aliphatic carbocycles. The monoisotopic (exact) mass is 910 g/mol. The summed E-state index contributed by atoms with van der Waals surface area (Å²) in [4.78, 5) is 9.52. The summed E-state index contributed by atoms with van der Waals surface area (Å²) in [6.07, 6.45) is 0. The van der Waals surface area contributed by atoms with E-state index in [1.54, 1.807) is 0 Å². The summed E-state index contributed by atoms with van der Waals surface area (Å²) < 4.78 is 0. The van der Waals surface area contributed by atoms with Gasteiger partial charge in [0, 0.05) is 73.9 Å². The molecule has 0 saturated carbocycles. The average Bonchev–Trinajstić information content (AvgIpc) is 3.45. The van der Waals surface area contributed by atoms with Crippen LogP contribution in [0.5, 0.6) is 0 Å². The highest BCUT2D eigenvalue weighted by Crippen LogP contribution is 2.44. The molecule has 0 fully saturated rings. The molecule has 4 heteroatoms. The van der Waals surface area contributed by atoms with Gasteiger partial charge in [-0.15, -0.1) is 0 Å². The molecule has 0 aromatic heterocycles. The van der Waals surface area contributed by atoms with Crippen molar-refractivity contribution in [1.29, 1.82) is 0 Å². The molecule has 0 N–H and O–H groups in total. The maximum atomic E-state index is 2.43. The molecule has 4 nitrogen and oxygen atoms in total. The third kappa shape index (κ3) is 8.60. The summed E-state index contributed by atoms with van der Waals surface area (Å²) in [7, 11) is 0. The first kappa shape index (κ1) is 42.9. The van der Waals surface area contributed by atoms with Crippen molar-refractivity contribution in [1.82, 2.24) is 0 Å². The molecule has 12 aromatic rings. The maximum Gasteiger partial charge on any atom is 0.0540 e. The fraction of sp³-hybridized carbons (Fsp3) is 0.0149. The zero-order valence-electron chi connectivity index (χ0n) is 39.2. The number of benzene rings is 12. The summed E-state index contributed by atoms with van der Waals surface area (Å²) in [5, 5.41) is 7.26. The van der Waals surface area contributed by atoms with Gasteiger partial charge in [-0.2, -0.15) is 0 Å². The zero-order valence-corrected chi connectivity index (χ0v) is 39.2. The van der Waals surface area contributed by atoms with Gasteiger partial charge in [0.2, 0.25) is 0 Å². The Balaban J connectivity index is 0.953. The van der Waals surface area contributed by atoms with Gasteiger partial charge in [0.1, 0.15) is 0 Å². The minimum absolute atomic E-state index is 0.703. The Hall–Kier alpha value is -9.38. The van der Waals surface area contributed by atoms with Gasteiger partial charge in [0.05, 0.1) is 11.4 Å². The van der Waals surface area contributed by atoms with Crippen LogP contribution >= 0.6 is 0 Å². The predicted molar refractivity (Wildman–Crippen MR) is 302 cm³/mol. The summed E-state index contributed by atoms with van der Waals surface area (Å²) >= 11 is 0. The summed E-state index contributed by atoms with van der Waals surface area (Å²) in [5.74, 6) is 0. The summed E-state index contributed by atoms with van der Waals surface area (Å²) in [6, 6.07) is 105. The van der Waals surface area contributed by atoms with E-state index in [2.05, 4.69) is 311 Å². The average molecular weight is 911 g/mol. The van der Waals surface area contributed by atoms with Crippen molar-refractivity contribution in [2.45, 2.75) is 6.54 Å². The lowest BCUT2D eigenvalue weighted by atomic mass is 10.1. The van der Waals surface area contributed by atoms with Gasteiger partial charge in [-0.3, -0.25) is 0 Å². The van der Waals surface area contributed by atoms with Gasteiger partial charge in [-0.25, -0.2) is 0 Å². The van der Waals surface area contributed by atoms with Crippen LogP contribution in [0.1, 0.15) is 5.56 Å². The number of anilines is 11. The first-order valence-corrected chi connectivity index (χ1v) is 24.3. The van der Waals surface area contributed by atoms with Crippen molar-refractivity contribution in [2.75, 3.05) is 19.6 Å². The molecule has 0 aliphatic heterocycles. The highest BCUT2D eigenvalue weighted by Gasteiger charge is 2.21. The maximum absolute atomic E-state index is 2.43. The number of rotatable bonds is 13. The SMILES string of the molecule is c1ccc(N(Cc2ccc(N(c3ccc(N(c4ccccc4)c4cccc5ccccc45)cc3)c3ccc(N(c4ccccc4)c4cccc5ccccc45)cc3)cc2)c2cccc3ccccc23)cc1. The number of fused-ring (bicyclic) bond motifs is 3. The van der Waals surface area contributed by atoms with E-state index in [9.17, 15) is 0 Å². The van der Waals surface area contributed by atoms with Crippen molar-refractivity contribution in [3.63, 3.8) is 0 Å². The van der Waals surface area contributed by atoms with Crippen molar-refractivity contribution >= 4 is 94.9 Å². The first-order chi connectivity index (χ1) is 35.2. The van der Waals surface area contributed by atoms with Crippen LogP contribution in [0.2, 0.25) is 0 Å². The zero-order chi connectivity index (χ0) is 47.3. The van der Waals surface area contributed by atoms with Crippen LogP contribution in [-0.2, 0) is 6.54 Å². The summed E-state index contributed by atoms with van der Waals surface area (Å²) in [6.45, 7) is 0.703. The Labute approximate surface area is 415 Å². The lowest BCUT2D eigenvalue weighted by molar-refractivity contribution is 0.980. The van der Waals surface area contributed by atoms with Crippen LogP contribution < -0.4 is 19.6 Å². The van der Waals surface area contributed by atoms with Crippen LogP contribution in [0.4, 0.5) is 62.6 Å². The standard InChI is InChI=1S/C67H50N4/c1-4-25-54(26-5-1)68(65-34-16-22-51-19-10-13-31-62(51)65)49-50-37-39-57(40-38-50)69(58-41-45-60(46-42-58)70(55-27-6-2-7-28-55)66-35-17-23-52-20-11-14-32-63(52)66)59-43-47-61(48-44-59)71(56-29-8-3-9-30-56)67-36-18-24-53-21-12-15-33-64(53)67/h1-48H,49H2. The van der Waals surface area contributed by atoms with Crippen molar-refractivity contribution < 1.29 is 0 Å². The van der Waals surface area contributed by atoms with Gasteiger partial charge < -0.3 is 19.6 Å². The van der Waals surface area contributed by atoms with Crippen molar-refractivity contribution in [2.24, 2.45) is 0 Å². The Morgan fingerprint density at radius 3 is 0.887 bits per heavy atom. The van der Waals surface area contributed by atoms with E-state index in [0.717, 1.165) is 56.9 Å². The quantitative estimate of drug-likeness (QED) is 0.114. The highest BCUT2D eigenvalue weighted by molar-refractivity contribution is 6.01. The first-order valence-electron chi connectivity index (χ1n) is 24.3. The van der Waals surface area contributed by atoms with Crippen molar-refractivity contribution in [3.05, 3.63) is 297 Å². The molecule has 71 heavy (non-hydrogen) atoms. The van der Waals surface area contributed by atoms with Crippen LogP contribution in [0, 0.1) is 0 Å². The Kier molecular flexibility index (Phi) is 11.7. The molecule has 0 unspecified atom stereocenters. The molecule has 0 bridgehead atoms. The largest absolute Gasteiger partial charge is 0.336 e. The van der Waals surface area contributed by atoms with Crippen LogP contribution in [-0.4, -0.2) is 0 Å². The number of hydrogen-bond donors (Lipinski definition) is 0. The topological polar surface area (TPSA) is 13.0 Å². The fourth-order valence-corrected chi connectivity index (χ4v) is 10.1. The Morgan fingerprint density at radius 2 is 0.479 bits per heavy atom. The smallest absolute Gasteiger partial charge is 0.0540 e.